The van der Waals surface area contributed by atoms with E-state index in [4.69, 9.17) is 9.84 Å². The Hall–Kier alpha value is -1.62. The Morgan fingerprint density at radius 2 is 2.05 bits per heavy atom. The Morgan fingerprint density at radius 1 is 1.42 bits per heavy atom. The average Bonchev–Trinajstić information content (AvgIpc) is 2.28. The molecule has 0 aromatic heterocycles. The van der Waals surface area contributed by atoms with Gasteiger partial charge >= 0.3 is 5.97 Å². The summed E-state index contributed by atoms with van der Waals surface area (Å²) in [4.78, 5) is 12.6. The molecule has 1 aromatic carbocycles. The zero-order valence-corrected chi connectivity index (χ0v) is 11.7. The number of benzene rings is 1. The predicted molar refractivity (Wildman–Crippen MR) is 70.8 cm³/mol. The number of aliphatic carboxylic acids is 1. The van der Waals surface area contributed by atoms with Gasteiger partial charge < -0.3 is 9.84 Å². The molecule has 0 bridgehead atoms. The second-order valence-electron chi connectivity index (χ2n) is 5.38. The van der Waals surface area contributed by atoms with Crippen LogP contribution in [0.4, 0.5) is 4.39 Å². The Bertz CT molecular complexity index is 454. The Morgan fingerprint density at radius 3 is 2.47 bits per heavy atom. The van der Waals surface area contributed by atoms with Crippen LogP contribution < -0.4 is 4.74 Å². The van der Waals surface area contributed by atoms with Crippen molar-refractivity contribution < 1.29 is 19.0 Å². The van der Waals surface area contributed by atoms with Crippen molar-refractivity contribution in [1.82, 2.24) is 4.90 Å². The average molecular weight is 269 g/mol. The molecule has 0 spiro atoms. The molecule has 1 rings (SSSR count). The summed E-state index contributed by atoms with van der Waals surface area (Å²) in [6.07, 6.45) is 0. The van der Waals surface area contributed by atoms with Gasteiger partial charge in [-0.2, -0.15) is 0 Å². The molecule has 1 N–H and O–H groups in total. The zero-order valence-electron chi connectivity index (χ0n) is 11.7. The number of halogens is 1. The lowest BCUT2D eigenvalue weighted by Crippen LogP contribution is -2.43. The van der Waals surface area contributed by atoms with Crippen LogP contribution in [0.25, 0.3) is 0 Å². The molecule has 0 atom stereocenters. The van der Waals surface area contributed by atoms with Crippen molar-refractivity contribution in [1.29, 1.82) is 0 Å². The number of carboxylic acid groups (broad SMARTS) is 1. The Kier molecular flexibility index (Phi) is 4.89. The highest BCUT2D eigenvalue weighted by Gasteiger charge is 2.24. The molecule has 0 radical (unpaired) electrons. The second kappa shape index (κ2) is 6.02. The van der Waals surface area contributed by atoms with Crippen molar-refractivity contribution in [2.45, 2.75) is 32.9 Å². The predicted octanol–water partition coefficient (Wildman–Crippen LogP) is 2.52. The number of nitrogens with zero attached hydrogens (tertiary/aromatic N) is 1. The van der Waals surface area contributed by atoms with Gasteiger partial charge in [-0.3, -0.25) is 9.69 Å². The molecule has 0 heterocycles. The minimum Gasteiger partial charge on any atom is -0.497 e. The van der Waals surface area contributed by atoms with E-state index in [-0.39, 0.29) is 24.4 Å². The van der Waals surface area contributed by atoms with E-state index in [1.165, 1.54) is 13.2 Å². The number of carboxylic acids is 1. The summed E-state index contributed by atoms with van der Waals surface area (Å²) in [5.41, 5.74) is 0.0991. The summed E-state index contributed by atoms with van der Waals surface area (Å²) in [6.45, 7) is 5.81. The van der Waals surface area contributed by atoms with Gasteiger partial charge in [-0.1, -0.05) is 6.07 Å². The van der Waals surface area contributed by atoms with Crippen LogP contribution in [0.1, 0.15) is 26.3 Å². The largest absolute Gasteiger partial charge is 0.497 e. The molecule has 0 saturated carbocycles. The van der Waals surface area contributed by atoms with Crippen molar-refractivity contribution in [3.05, 3.63) is 29.6 Å². The summed E-state index contributed by atoms with van der Waals surface area (Å²) in [7, 11) is 1.47. The standard InChI is InChI=1S/C14H20FNO3/c1-14(2,3)16(9-13(17)18)8-10-5-6-11(19-4)7-12(10)15/h5-7H,8-9H2,1-4H3,(H,17,18). The molecule has 5 heteroatoms. The number of methoxy groups -OCH3 is 1. The van der Waals surface area contributed by atoms with Crippen LogP contribution in [-0.2, 0) is 11.3 Å². The minimum atomic E-state index is -0.927. The van der Waals surface area contributed by atoms with Crippen LogP contribution >= 0.6 is 0 Å². The van der Waals surface area contributed by atoms with Crippen LogP contribution in [0.2, 0.25) is 0 Å². The van der Waals surface area contributed by atoms with Gasteiger partial charge in [0, 0.05) is 23.7 Å². The highest BCUT2D eigenvalue weighted by molar-refractivity contribution is 5.69. The number of carbonyl (C=O) groups is 1. The molecule has 1 aromatic rings. The maximum atomic E-state index is 13.9. The summed E-state index contributed by atoms with van der Waals surface area (Å²) >= 11 is 0. The third kappa shape index (κ3) is 4.52. The van der Waals surface area contributed by atoms with E-state index in [1.807, 2.05) is 20.8 Å². The zero-order chi connectivity index (χ0) is 14.6. The van der Waals surface area contributed by atoms with Gasteiger partial charge in [0.2, 0.25) is 0 Å². The third-order valence-corrected chi connectivity index (χ3v) is 2.90. The lowest BCUT2D eigenvalue weighted by atomic mass is 10.0. The molecule has 0 aliphatic rings. The topological polar surface area (TPSA) is 49.8 Å². The van der Waals surface area contributed by atoms with E-state index in [9.17, 15) is 9.18 Å². The van der Waals surface area contributed by atoms with Crippen molar-refractivity contribution >= 4 is 5.97 Å². The number of rotatable bonds is 5. The molecular formula is C14H20FNO3. The normalized spacial score (nSPS) is 11.7. The van der Waals surface area contributed by atoms with Crippen LogP contribution in [0.5, 0.6) is 5.75 Å². The molecule has 4 nitrogen and oxygen atoms in total. The van der Waals surface area contributed by atoms with Crippen LogP contribution in [-0.4, -0.2) is 35.2 Å². The molecule has 0 aliphatic heterocycles. The van der Waals surface area contributed by atoms with Crippen molar-refractivity contribution in [3.8, 4) is 5.75 Å². The lowest BCUT2D eigenvalue weighted by Gasteiger charge is -2.34. The van der Waals surface area contributed by atoms with Gasteiger partial charge in [-0.15, -0.1) is 0 Å². The lowest BCUT2D eigenvalue weighted by molar-refractivity contribution is -0.139. The number of hydrogen-bond donors (Lipinski definition) is 1. The van der Waals surface area contributed by atoms with E-state index in [1.54, 1.807) is 17.0 Å². The van der Waals surface area contributed by atoms with Gasteiger partial charge in [-0.05, 0) is 26.8 Å². The summed E-state index contributed by atoms with van der Waals surface area (Å²) in [5.74, 6) is -0.871. The molecule has 0 unspecified atom stereocenters. The Labute approximate surface area is 112 Å². The van der Waals surface area contributed by atoms with E-state index in [0.29, 0.717) is 11.3 Å². The van der Waals surface area contributed by atoms with E-state index < -0.39 is 5.97 Å². The summed E-state index contributed by atoms with van der Waals surface area (Å²) in [6, 6.07) is 4.59. The van der Waals surface area contributed by atoms with Gasteiger partial charge in [0.05, 0.1) is 13.7 Å². The van der Waals surface area contributed by atoms with Gasteiger partial charge in [-0.25, -0.2) is 4.39 Å². The fourth-order valence-electron chi connectivity index (χ4n) is 1.68. The first-order valence-electron chi connectivity index (χ1n) is 6.03. The fraction of sp³-hybridized carbons (Fsp3) is 0.500. The van der Waals surface area contributed by atoms with Gasteiger partial charge in [0.1, 0.15) is 11.6 Å². The SMILES string of the molecule is COc1ccc(CN(CC(=O)O)C(C)(C)C)c(F)c1. The van der Waals surface area contributed by atoms with Crippen LogP contribution in [0.15, 0.2) is 18.2 Å². The monoisotopic (exact) mass is 269 g/mol. The van der Waals surface area contributed by atoms with E-state index in [2.05, 4.69) is 0 Å². The molecule has 0 aliphatic carbocycles. The first kappa shape index (κ1) is 15.4. The van der Waals surface area contributed by atoms with E-state index in [0.717, 1.165) is 0 Å². The smallest absolute Gasteiger partial charge is 0.317 e. The molecule has 19 heavy (non-hydrogen) atoms. The van der Waals surface area contributed by atoms with Gasteiger partial charge in [0.25, 0.3) is 0 Å². The maximum absolute atomic E-state index is 13.9. The summed E-state index contributed by atoms with van der Waals surface area (Å²) in [5, 5.41) is 8.92. The van der Waals surface area contributed by atoms with Crippen molar-refractivity contribution in [2.75, 3.05) is 13.7 Å². The van der Waals surface area contributed by atoms with Crippen LogP contribution in [0.3, 0.4) is 0 Å². The molecule has 0 amide bonds. The van der Waals surface area contributed by atoms with Crippen molar-refractivity contribution in [2.24, 2.45) is 0 Å². The molecular weight excluding hydrogens is 249 g/mol. The first-order chi connectivity index (χ1) is 8.74. The molecule has 0 saturated heterocycles. The molecule has 106 valence electrons. The van der Waals surface area contributed by atoms with Crippen molar-refractivity contribution in [3.63, 3.8) is 0 Å². The van der Waals surface area contributed by atoms with E-state index >= 15 is 0 Å². The number of ether oxygens (including phenoxy) is 1. The number of hydrogen-bond acceptors (Lipinski definition) is 3. The second-order valence-corrected chi connectivity index (χ2v) is 5.38. The quantitative estimate of drug-likeness (QED) is 0.892. The highest BCUT2D eigenvalue weighted by atomic mass is 19.1. The Balaban J connectivity index is 2.93. The maximum Gasteiger partial charge on any atom is 0.317 e. The summed E-state index contributed by atoms with van der Waals surface area (Å²) < 4.78 is 18.8. The van der Waals surface area contributed by atoms with Crippen LogP contribution in [0, 0.1) is 5.82 Å². The minimum absolute atomic E-state index is 0.130. The first-order valence-corrected chi connectivity index (χ1v) is 6.03. The molecule has 0 fully saturated rings. The third-order valence-electron chi connectivity index (χ3n) is 2.90. The fourth-order valence-corrected chi connectivity index (χ4v) is 1.68. The van der Waals surface area contributed by atoms with Gasteiger partial charge in [0.15, 0.2) is 0 Å². The highest BCUT2D eigenvalue weighted by Crippen LogP contribution is 2.21.